The van der Waals surface area contributed by atoms with E-state index in [4.69, 9.17) is 9.47 Å². The van der Waals surface area contributed by atoms with Crippen LogP contribution in [0.15, 0.2) is 4.99 Å². The molecule has 0 spiro atoms. The number of rotatable bonds is 9. The number of aliphatic imine (C=N–C) groups is 1. The number of halogens is 4. The van der Waals surface area contributed by atoms with Crippen LogP contribution in [-0.2, 0) is 9.47 Å². The Bertz CT molecular complexity index is 392. The van der Waals surface area contributed by atoms with E-state index in [0.29, 0.717) is 52.5 Å². The largest absolute Gasteiger partial charge is 0.403 e. The first-order valence-electron chi connectivity index (χ1n) is 8.80. The van der Waals surface area contributed by atoms with E-state index < -0.39 is 12.2 Å². The minimum absolute atomic E-state index is 0. The van der Waals surface area contributed by atoms with Gasteiger partial charge in [0.25, 0.3) is 0 Å². The zero-order valence-corrected chi connectivity index (χ0v) is 18.2. The molecule has 1 atom stereocenters. The van der Waals surface area contributed by atoms with Gasteiger partial charge in [-0.05, 0) is 20.3 Å². The molecule has 0 aromatic rings. The monoisotopic (exact) mass is 496 g/mol. The summed E-state index contributed by atoms with van der Waals surface area (Å²) in [6.45, 7) is 8.14. The standard InChI is InChI=1S/C16H31F3N4O2.HI/c1-4-20-15(21-6-5-11-25-13-12-24-3)23-9-7-22(8-10-23)14(2)16(17,18)19;/h14H,4-13H2,1-3H3,(H,20,21);1H. The van der Waals surface area contributed by atoms with E-state index >= 15 is 0 Å². The Kier molecular flexibility index (Phi) is 13.6. The topological polar surface area (TPSA) is 49.3 Å². The van der Waals surface area contributed by atoms with Crippen LogP contribution in [0.3, 0.4) is 0 Å². The Morgan fingerprint density at radius 1 is 1.15 bits per heavy atom. The summed E-state index contributed by atoms with van der Waals surface area (Å²) < 4.78 is 48.7. The number of guanidine groups is 1. The summed E-state index contributed by atoms with van der Waals surface area (Å²) in [6.07, 6.45) is -3.38. The van der Waals surface area contributed by atoms with Gasteiger partial charge >= 0.3 is 6.18 Å². The van der Waals surface area contributed by atoms with E-state index in [9.17, 15) is 13.2 Å². The normalized spacial score (nSPS) is 17.8. The summed E-state index contributed by atoms with van der Waals surface area (Å²) in [5.41, 5.74) is 0. The molecule has 0 bridgehead atoms. The van der Waals surface area contributed by atoms with E-state index in [-0.39, 0.29) is 24.0 Å². The molecular weight excluding hydrogens is 464 g/mol. The highest BCUT2D eigenvalue weighted by Gasteiger charge is 2.41. The van der Waals surface area contributed by atoms with Crippen LogP contribution >= 0.6 is 24.0 Å². The number of nitrogens with zero attached hydrogens (tertiary/aromatic N) is 3. The average Bonchev–Trinajstić information content (AvgIpc) is 2.59. The second kappa shape index (κ2) is 13.8. The lowest BCUT2D eigenvalue weighted by molar-refractivity contribution is -0.181. The summed E-state index contributed by atoms with van der Waals surface area (Å²) in [7, 11) is 1.63. The summed E-state index contributed by atoms with van der Waals surface area (Å²) in [4.78, 5) is 8.05. The molecule has 1 unspecified atom stereocenters. The Hall–Kier alpha value is -0.330. The second-order valence-corrected chi connectivity index (χ2v) is 5.93. The first-order valence-corrected chi connectivity index (χ1v) is 8.80. The molecule has 156 valence electrons. The van der Waals surface area contributed by atoms with E-state index in [1.807, 2.05) is 11.8 Å². The fraction of sp³-hybridized carbons (Fsp3) is 0.938. The summed E-state index contributed by atoms with van der Waals surface area (Å²) in [6, 6.07) is -1.40. The highest BCUT2D eigenvalue weighted by molar-refractivity contribution is 14.0. The third-order valence-electron chi connectivity index (χ3n) is 4.11. The van der Waals surface area contributed by atoms with Crippen LogP contribution in [0, 0.1) is 0 Å². The molecule has 1 saturated heterocycles. The maximum absolute atomic E-state index is 12.8. The second-order valence-electron chi connectivity index (χ2n) is 5.93. The molecule has 1 rings (SSSR count). The number of methoxy groups -OCH3 is 1. The molecule has 1 N–H and O–H groups in total. The van der Waals surface area contributed by atoms with Crippen LogP contribution in [0.25, 0.3) is 0 Å². The quantitative estimate of drug-likeness (QED) is 0.230. The van der Waals surface area contributed by atoms with Crippen LogP contribution in [0.4, 0.5) is 13.2 Å². The van der Waals surface area contributed by atoms with Crippen molar-refractivity contribution in [3.63, 3.8) is 0 Å². The van der Waals surface area contributed by atoms with Crippen molar-refractivity contribution in [2.45, 2.75) is 32.5 Å². The van der Waals surface area contributed by atoms with Crippen molar-refractivity contribution in [1.82, 2.24) is 15.1 Å². The number of hydrogen-bond acceptors (Lipinski definition) is 4. The van der Waals surface area contributed by atoms with Gasteiger partial charge in [-0.2, -0.15) is 13.2 Å². The van der Waals surface area contributed by atoms with Gasteiger partial charge in [0.15, 0.2) is 5.96 Å². The fourth-order valence-electron chi connectivity index (χ4n) is 2.55. The zero-order valence-electron chi connectivity index (χ0n) is 15.8. The highest BCUT2D eigenvalue weighted by Crippen LogP contribution is 2.25. The third-order valence-corrected chi connectivity index (χ3v) is 4.11. The molecule has 10 heteroatoms. The Morgan fingerprint density at radius 3 is 2.35 bits per heavy atom. The number of hydrogen-bond donors (Lipinski definition) is 1. The van der Waals surface area contributed by atoms with Crippen molar-refractivity contribution in [3.05, 3.63) is 0 Å². The molecule has 1 aliphatic heterocycles. The Labute approximate surface area is 171 Å². The number of nitrogens with one attached hydrogen (secondary N) is 1. The molecule has 0 saturated carbocycles. The molecule has 26 heavy (non-hydrogen) atoms. The Morgan fingerprint density at radius 2 is 1.81 bits per heavy atom. The number of alkyl halides is 3. The first-order chi connectivity index (χ1) is 11.9. The van der Waals surface area contributed by atoms with Crippen molar-refractivity contribution >= 4 is 29.9 Å². The molecule has 1 fully saturated rings. The van der Waals surface area contributed by atoms with E-state index in [2.05, 4.69) is 10.3 Å². The van der Waals surface area contributed by atoms with Crippen molar-refractivity contribution in [2.24, 2.45) is 4.99 Å². The number of ether oxygens (including phenoxy) is 2. The first kappa shape index (κ1) is 25.7. The minimum atomic E-state index is -4.18. The summed E-state index contributed by atoms with van der Waals surface area (Å²) in [5.74, 6) is 0.763. The molecule has 1 heterocycles. The van der Waals surface area contributed by atoms with E-state index in [1.165, 1.54) is 11.8 Å². The molecule has 0 aromatic carbocycles. The lowest BCUT2D eigenvalue weighted by Crippen LogP contribution is -2.56. The van der Waals surface area contributed by atoms with Crippen LogP contribution in [0.2, 0.25) is 0 Å². The van der Waals surface area contributed by atoms with Gasteiger partial charge in [0.2, 0.25) is 0 Å². The molecule has 0 aromatic heterocycles. The van der Waals surface area contributed by atoms with E-state index in [1.54, 1.807) is 7.11 Å². The molecule has 0 radical (unpaired) electrons. The van der Waals surface area contributed by atoms with Gasteiger partial charge < -0.3 is 19.7 Å². The predicted octanol–water partition coefficient (Wildman–Crippen LogP) is 2.19. The van der Waals surface area contributed by atoms with Crippen molar-refractivity contribution in [3.8, 4) is 0 Å². The van der Waals surface area contributed by atoms with Crippen LogP contribution < -0.4 is 5.32 Å². The van der Waals surface area contributed by atoms with Gasteiger partial charge in [-0.25, -0.2) is 0 Å². The third kappa shape index (κ3) is 9.56. The SMILES string of the molecule is CCNC(=NCCCOCCOC)N1CCN(C(C)C(F)(F)F)CC1.I. The number of piperazine rings is 1. The van der Waals surface area contributed by atoms with E-state index in [0.717, 1.165) is 18.9 Å². The molecular formula is C16H32F3IN4O2. The summed E-state index contributed by atoms with van der Waals surface area (Å²) >= 11 is 0. The van der Waals surface area contributed by atoms with Crippen molar-refractivity contribution < 1.29 is 22.6 Å². The fourth-order valence-corrected chi connectivity index (χ4v) is 2.55. The van der Waals surface area contributed by atoms with Crippen molar-refractivity contribution in [1.29, 1.82) is 0 Å². The average molecular weight is 496 g/mol. The van der Waals surface area contributed by atoms with Crippen molar-refractivity contribution in [2.75, 3.05) is 66.2 Å². The van der Waals surface area contributed by atoms with Gasteiger partial charge in [0, 0.05) is 53.0 Å². The van der Waals surface area contributed by atoms with Crippen LogP contribution in [0.5, 0.6) is 0 Å². The van der Waals surface area contributed by atoms with Gasteiger partial charge in [-0.3, -0.25) is 9.89 Å². The molecule has 1 aliphatic rings. The zero-order chi connectivity index (χ0) is 18.7. The predicted molar refractivity (Wildman–Crippen MR) is 107 cm³/mol. The van der Waals surface area contributed by atoms with Gasteiger partial charge in [-0.1, -0.05) is 0 Å². The minimum Gasteiger partial charge on any atom is -0.382 e. The van der Waals surface area contributed by atoms with Crippen LogP contribution in [-0.4, -0.2) is 94.2 Å². The van der Waals surface area contributed by atoms with Crippen LogP contribution in [0.1, 0.15) is 20.3 Å². The van der Waals surface area contributed by atoms with Gasteiger partial charge in [-0.15, -0.1) is 24.0 Å². The van der Waals surface area contributed by atoms with Gasteiger partial charge in [0.1, 0.15) is 6.04 Å². The maximum Gasteiger partial charge on any atom is 0.403 e. The molecule has 6 nitrogen and oxygen atoms in total. The molecule has 0 amide bonds. The van der Waals surface area contributed by atoms with Gasteiger partial charge in [0.05, 0.1) is 13.2 Å². The smallest absolute Gasteiger partial charge is 0.382 e. The summed E-state index contributed by atoms with van der Waals surface area (Å²) in [5, 5.41) is 3.21. The lowest BCUT2D eigenvalue weighted by Gasteiger charge is -2.39. The maximum atomic E-state index is 12.8. The Balaban J connectivity index is 0.00000625. The molecule has 0 aliphatic carbocycles. The lowest BCUT2D eigenvalue weighted by atomic mass is 10.2. The highest BCUT2D eigenvalue weighted by atomic mass is 127.